The molecule has 188 valence electrons. The number of ether oxygens (including phenoxy) is 1. The van der Waals surface area contributed by atoms with E-state index in [0.29, 0.717) is 28.0 Å². The summed E-state index contributed by atoms with van der Waals surface area (Å²) in [4.78, 5) is 30.0. The average Bonchev–Trinajstić information content (AvgIpc) is 3.38. The summed E-state index contributed by atoms with van der Waals surface area (Å²) < 4.78 is 7.09. The molecule has 10 heteroatoms. The monoisotopic (exact) mass is 508 g/mol. The molecule has 0 aliphatic carbocycles. The largest absolute Gasteiger partial charge is 0.379 e. The molecule has 0 unspecified atom stereocenters. The quantitative estimate of drug-likeness (QED) is 0.541. The molecule has 2 aromatic carbocycles. The van der Waals surface area contributed by atoms with Gasteiger partial charge in [-0.25, -0.2) is 9.48 Å². The number of anilines is 2. The number of benzene rings is 2. The highest BCUT2D eigenvalue weighted by atomic mass is 35.5. The van der Waals surface area contributed by atoms with Crippen LogP contribution in [0.15, 0.2) is 60.9 Å². The number of morpholine rings is 1. The number of piperidine rings is 1. The van der Waals surface area contributed by atoms with Gasteiger partial charge in [-0.3, -0.25) is 9.69 Å². The fourth-order valence-electron chi connectivity index (χ4n) is 4.72. The summed E-state index contributed by atoms with van der Waals surface area (Å²) in [6.45, 7) is 5.04. The van der Waals surface area contributed by atoms with Crippen LogP contribution in [0, 0.1) is 0 Å². The Morgan fingerprint density at radius 2 is 1.75 bits per heavy atom. The zero-order chi connectivity index (χ0) is 24.9. The van der Waals surface area contributed by atoms with Crippen LogP contribution in [0.2, 0.25) is 5.02 Å². The third kappa shape index (κ3) is 5.70. The van der Waals surface area contributed by atoms with Crippen molar-refractivity contribution in [2.45, 2.75) is 18.9 Å². The van der Waals surface area contributed by atoms with Crippen molar-refractivity contribution < 1.29 is 14.3 Å². The highest BCUT2D eigenvalue weighted by Gasteiger charge is 2.28. The maximum Gasteiger partial charge on any atom is 0.323 e. The first-order chi connectivity index (χ1) is 17.6. The summed E-state index contributed by atoms with van der Waals surface area (Å²) in [6.07, 6.45) is 5.21. The van der Waals surface area contributed by atoms with E-state index in [1.54, 1.807) is 41.3 Å². The number of nitrogens with zero attached hydrogens (tertiary/aromatic N) is 4. The van der Waals surface area contributed by atoms with Crippen LogP contribution in [0.25, 0.3) is 5.69 Å². The molecule has 0 bridgehead atoms. The highest BCUT2D eigenvalue weighted by molar-refractivity contribution is 6.33. The number of amides is 3. The van der Waals surface area contributed by atoms with Crippen molar-refractivity contribution >= 4 is 34.9 Å². The van der Waals surface area contributed by atoms with Crippen molar-refractivity contribution in [2.24, 2.45) is 0 Å². The smallest absolute Gasteiger partial charge is 0.323 e. The summed E-state index contributed by atoms with van der Waals surface area (Å²) in [7, 11) is 0. The first-order valence-electron chi connectivity index (χ1n) is 12.2. The standard InChI is InChI=1S/C26H29ClN6O3/c27-23-6-1-2-7-24(23)30-26(35)29-20-17-28-33(18-20)22-5-3-4-19(16-22)25(34)32-10-8-21(9-11-32)31-12-14-36-15-13-31/h1-7,16-18,21H,8-15H2,(H2,29,30,35). The number of likely N-dealkylation sites (tertiary alicyclic amines) is 1. The molecule has 2 saturated heterocycles. The van der Waals surface area contributed by atoms with Gasteiger partial charge in [0.25, 0.3) is 5.91 Å². The molecule has 0 spiro atoms. The molecular weight excluding hydrogens is 480 g/mol. The number of aromatic nitrogens is 2. The van der Waals surface area contributed by atoms with Gasteiger partial charge in [-0.1, -0.05) is 29.8 Å². The highest BCUT2D eigenvalue weighted by Crippen LogP contribution is 2.22. The molecule has 2 N–H and O–H groups in total. The van der Waals surface area contributed by atoms with Crippen LogP contribution in [0.3, 0.4) is 0 Å². The third-order valence-corrected chi connectivity index (χ3v) is 6.96. The van der Waals surface area contributed by atoms with Crippen molar-refractivity contribution in [3.8, 4) is 5.69 Å². The van der Waals surface area contributed by atoms with E-state index >= 15 is 0 Å². The fourth-order valence-corrected chi connectivity index (χ4v) is 4.90. The molecule has 5 rings (SSSR count). The van der Waals surface area contributed by atoms with Crippen LogP contribution in [-0.4, -0.2) is 77.0 Å². The second-order valence-electron chi connectivity index (χ2n) is 8.95. The predicted molar refractivity (Wildman–Crippen MR) is 139 cm³/mol. The van der Waals surface area contributed by atoms with Crippen LogP contribution in [0.5, 0.6) is 0 Å². The number of hydrogen-bond acceptors (Lipinski definition) is 5. The molecule has 2 aliphatic rings. The van der Waals surface area contributed by atoms with Gasteiger partial charge in [0.15, 0.2) is 0 Å². The second kappa shape index (κ2) is 11.1. The van der Waals surface area contributed by atoms with Crippen LogP contribution in [-0.2, 0) is 4.74 Å². The first-order valence-corrected chi connectivity index (χ1v) is 12.5. The van der Waals surface area contributed by atoms with E-state index in [0.717, 1.165) is 57.9 Å². The Morgan fingerprint density at radius 3 is 2.53 bits per heavy atom. The van der Waals surface area contributed by atoms with E-state index in [1.165, 1.54) is 0 Å². The van der Waals surface area contributed by atoms with Crippen LogP contribution in [0.1, 0.15) is 23.2 Å². The number of carbonyl (C=O) groups excluding carboxylic acids is 2. The first kappa shape index (κ1) is 24.3. The van der Waals surface area contributed by atoms with Crippen LogP contribution >= 0.6 is 11.6 Å². The van der Waals surface area contributed by atoms with Gasteiger partial charge >= 0.3 is 6.03 Å². The van der Waals surface area contributed by atoms with Gasteiger partial charge in [-0.2, -0.15) is 5.10 Å². The average molecular weight is 509 g/mol. The lowest BCUT2D eigenvalue weighted by Crippen LogP contribution is -2.50. The molecule has 0 atom stereocenters. The Kier molecular flexibility index (Phi) is 7.50. The van der Waals surface area contributed by atoms with Crippen LogP contribution in [0.4, 0.5) is 16.2 Å². The summed E-state index contributed by atoms with van der Waals surface area (Å²) in [5.74, 6) is 0.0295. The molecule has 1 aromatic heterocycles. The minimum absolute atomic E-state index is 0.0295. The Balaban J connectivity index is 1.19. The van der Waals surface area contributed by atoms with Gasteiger partial charge in [0.05, 0.1) is 47.7 Å². The lowest BCUT2D eigenvalue weighted by Gasteiger charge is -2.40. The number of rotatable bonds is 5. The Bertz CT molecular complexity index is 1220. The van der Waals surface area contributed by atoms with Gasteiger partial charge in [-0.15, -0.1) is 0 Å². The molecule has 3 amide bonds. The number of urea groups is 1. The zero-order valence-electron chi connectivity index (χ0n) is 19.9. The minimum Gasteiger partial charge on any atom is -0.379 e. The maximum absolute atomic E-state index is 13.2. The second-order valence-corrected chi connectivity index (χ2v) is 9.36. The molecular formula is C26H29ClN6O3. The molecule has 2 aliphatic heterocycles. The Morgan fingerprint density at radius 1 is 0.972 bits per heavy atom. The van der Waals surface area contributed by atoms with Gasteiger partial charge in [0, 0.05) is 37.8 Å². The van der Waals surface area contributed by atoms with Crippen molar-refractivity contribution in [1.29, 1.82) is 0 Å². The van der Waals surface area contributed by atoms with E-state index in [9.17, 15) is 9.59 Å². The summed E-state index contributed by atoms with van der Waals surface area (Å²) in [5, 5.41) is 10.3. The van der Waals surface area contributed by atoms with E-state index in [-0.39, 0.29) is 5.91 Å². The predicted octanol–water partition coefficient (Wildman–Crippen LogP) is 4.11. The molecule has 3 aromatic rings. The van der Waals surface area contributed by atoms with Crippen molar-refractivity contribution in [3.05, 3.63) is 71.5 Å². The Labute approximate surface area is 215 Å². The van der Waals surface area contributed by atoms with Crippen molar-refractivity contribution in [2.75, 3.05) is 50.0 Å². The van der Waals surface area contributed by atoms with E-state index < -0.39 is 6.03 Å². The number of carbonyl (C=O) groups is 2. The van der Waals surface area contributed by atoms with E-state index in [1.807, 2.05) is 29.2 Å². The number of hydrogen-bond donors (Lipinski definition) is 2. The third-order valence-electron chi connectivity index (χ3n) is 6.63. The van der Waals surface area contributed by atoms with Crippen molar-refractivity contribution in [1.82, 2.24) is 19.6 Å². The molecule has 0 radical (unpaired) electrons. The van der Waals surface area contributed by atoms with Crippen LogP contribution < -0.4 is 10.6 Å². The van der Waals surface area contributed by atoms with Gasteiger partial charge in [0.1, 0.15) is 0 Å². The van der Waals surface area contributed by atoms with E-state index in [4.69, 9.17) is 16.3 Å². The van der Waals surface area contributed by atoms with Gasteiger partial charge in [0.2, 0.25) is 0 Å². The summed E-state index contributed by atoms with van der Waals surface area (Å²) >= 11 is 6.10. The Hall–Kier alpha value is -3.40. The lowest BCUT2D eigenvalue weighted by atomic mass is 10.0. The number of para-hydroxylation sites is 1. The SMILES string of the molecule is O=C(Nc1cnn(-c2cccc(C(=O)N3CCC(N4CCOCC4)CC3)c2)c1)Nc1ccccc1Cl. The minimum atomic E-state index is -0.424. The summed E-state index contributed by atoms with van der Waals surface area (Å²) in [5.41, 5.74) is 2.40. The number of nitrogens with one attached hydrogen (secondary N) is 2. The fraction of sp³-hybridized carbons (Fsp3) is 0.346. The van der Waals surface area contributed by atoms with E-state index in [2.05, 4.69) is 20.6 Å². The topological polar surface area (TPSA) is 91.7 Å². The van der Waals surface area contributed by atoms with Gasteiger partial charge in [-0.05, 0) is 43.2 Å². The number of halogens is 1. The van der Waals surface area contributed by atoms with Gasteiger partial charge < -0.3 is 20.3 Å². The molecule has 36 heavy (non-hydrogen) atoms. The zero-order valence-corrected chi connectivity index (χ0v) is 20.7. The molecule has 3 heterocycles. The lowest BCUT2D eigenvalue weighted by molar-refractivity contribution is 0.00159. The molecule has 9 nitrogen and oxygen atoms in total. The molecule has 2 fully saturated rings. The normalized spacial score (nSPS) is 17.1. The molecule has 0 saturated carbocycles. The van der Waals surface area contributed by atoms with Crippen molar-refractivity contribution in [3.63, 3.8) is 0 Å². The summed E-state index contributed by atoms with van der Waals surface area (Å²) in [6, 6.07) is 14.5. The maximum atomic E-state index is 13.2.